The molecule has 0 atom stereocenters. The first-order valence-electron chi connectivity index (χ1n) is 10.8. The second-order valence-electron chi connectivity index (χ2n) is 8.41. The van der Waals surface area contributed by atoms with Crippen LogP contribution in [-0.2, 0) is 11.2 Å². The lowest BCUT2D eigenvalue weighted by Crippen LogP contribution is -2.49. The number of piperazine rings is 1. The maximum absolute atomic E-state index is 12.4. The molecule has 1 amide bonds. The average Bonchev–Trinajstić information content (AvgIpc) is 3.17. The Morgan fingerprint density at radius 1 is 1.07 bits per heavy atom. The molecule has 0 N–H and O–H groups in total. The minimum absolute atomic E-state index is 0.249. The van der Waals surface area contributed by atoms with Crippen LogP contribution in [0.25, 0.3) is 16.7 Å². The molecule has 0 aliphatic carbocycles. The van der Waals surface area contributed by atoms with Gasteiger partial charge in [-0.3, -0.25) is 4.79 Å². The maximum atomic E-state index is 12.4. The molecule has 1 saturated heterocycles. The van der Waals surface area contributed by atoms with E-state index in [2.05, 4.69) is 62.0 Å². The van der Waals surface area contributed by atoms with Crippen molar-refractivity contribution in [3.8, 4) is 5.69 Å². The first kappa shape index (κ1) is 20.3. The van der Waals surface area contributed by atoms with Crippen LogP contribution in [0, 0.1) is 12.8 Å². The highest BCUT2D eigenvalue weighted by Gasteiger charge is 2.25. The Labute approximate surface area is 177 Å². The minimum atomic E-state index is 0.249. The molecule has 3 aromatic rings. The zero-order valence-corrected chi connectivity index (χ0v) is 18.3. The number of hydrogen-bond acceptors (Lipinski definition) is 5. The molecule has 4 rings (SSSR count). The number of anilines is 1. The molecule has 1 fully saturated rings. The van der Waals surface area contributed by atoms with E-state index >= 15 is 0 Å². The zero-order chi connectivity index (χ0) is 21.3. The quantitative estimate of drug-likeness (QED) is 0.650. The van der Waals surface area contributed by atoms with Gasteiger partial charge in [0, 0.05) is 39.0 Å². The van der Waals surface area contributed by atoms with Gasteiger partial charge in [-0.2, -0.15) is 5.10 Å². The van der Waals surface area contributed by atoms with E-state index in [1.54, 1.807) is 0 Å². The number of rotatable bonds is 5. The van der Waals surface area contributed by atoms with Gasteiger partial charge in [-0.15, -0.1) is 0 Å². The lowest BCUT2D eigenvalue weighted by molar-refractivity contribution is -0.132. The van der Waals surface area contributed by atoms with Crippen LogP contribution in [0.3, 0.4) is 0 Å². The summed E-state index contributed by atoms with van der Waals surface area (Å²) in [4.78, 5) is 26.3. The van der Waals surface area contributed by atoms with Crippen LogP contribution in [0.2, 0.25) is 0 Å². The molecule has 7 heteroatoms. The van der Waals surface area contributed by atoms with Gasteiger partial charge in [-0.1, -0.05) is 38.5 Å². The van der Waals surface area contributed by atoms with Crippen molar-refractivity contribution in [3.05, 3.63) is 41.9 Å². The number of carbonyl (C=O) groups is 1. The number of nitrogens with zero attached hydrogens (tertiary/aromatic N) is 6. The molecule has 0 saturated carbocycles. The van der Waals surface area contributed by atoms with Gasteiger partial charge >= 0.3 is 0 Å². The largest absolute Gasteiger partial charge is 0.352 e. The summed E-state index contributed by atoms with van der Waals surface area (Å²) in [5.74, 6) is 2.37. The fourth-order valence-corrected chi connectivity index (χ4v) is 3.86. The summed E-state index contributed by atoms with van der Waals surface area (Å²) < 4.78 is 1.89. The highest BCUT2D eigenvalue weighted by Crippen LogP contribution is 2.27. The van der Waals surface area contributed by atoms with Crippen molar-refractivity contribution in [1.82, 2.24) is 24.6 Å². The summed E-state index contributed by atoms with van der Waals surface area (Å²) in [6.45, 7) is 11.3. The van der Waals surface area contributed by atoms with E-state index in [1.165, 1.54) is 5.56 Å². The van der Waals surface area contributed by atoms with Crippen LogP contribution in [0.1, 0.15) is 38.6 Å². The number of aryl methyl sites for hydroxylation is 2. The number of benzene rings is 1. The summed E-state index contributed by atoms with van der Waals surface area (Å²) >= 11 is 0. The molecule has 1 aliphatic rings. The van der Waals surface area contributed by atoms with Crippen molar-refractivity contribution in [2.24, 2.45) is 5.92 Å². The summed E-state index contributed by atoms with van der Waals surface area (Å²) in [6, 6.07) is 8.29. The van der Waals surface area contributed by atoms with E-state index in [0.717, 1.165) is 61.0 Å². The molecular weight excluding hydrogens is 376 g/mol. The molecule has 0 bridgehead atoms. The fourth-order valence-electron chi connectivity index (χ4n) is 3.86. The molecule has 1 aromatic carbocycles. The van der Waals surface area contributed by atoms with E-state index in [4.69, 9.17) is 9.97 Å². The lowest BCUT2D eigenvalue weighted by atomic mass is 10.1. The molecule has 3 heterocycles. The van der Waals surface area contributed by atoms with Crippen LogP contribution in [0.5, 0.6) is 0 Å². The number of fused-ring (bicyclic) bond motifs is 1. The highest BCUT2D eigenvalue weighted by molar-refractivity contribution is 5.88. The lowest BCUT2D eigenvalue weighted by Gasteiger charge is -2.36. The molecule has 158 valence electrons. The van der Waals surface area contributed by atoms with E-state index in [1.807, 2.05) is 15.8 Å². The van der Waals surface area contributed by atoms with E-state index in [0.29, 0.717) is 12.3 Å². The number of carbonyl (C=O) groups excluding carboxylic acids is 1. The van der Waals surface area contributed by atoms with E-state index < -0.39 is 0 Å². The summed E-state index contributed by atoms with van der Waals surface area (Å²) in [6.07, 6.45) is 3.23. The van der Waals surface area contributed by atoms with Crippen LogP contribution in [-0.4, -0.2) is 56.7 Å². The highest BCUT2D eigenvalue weighted by atomic mass is 16.2. The third-order valence-corrected chi connectivity index (χ3v) is 5.56. The second kappa shape index (κ2) is 8.42. The number of aromatic nitrogens is 4. The standard InChI is InChI=1S/C23H30N6O/c1-5-20-25-22(28-12-10-27(11-13-28)21(30)14-16(2)3)19-15-24-29(23(19)26-20)18-8-6-17(4)7-9-18/h6-9,15-16H,5,10-14H2,1-4H3. The molecule has 0 radical (unpaired) electrons. The molecule has 0 spiro atoms. The van der Waals surface area contributed by atoms with Gasteiger partial charge in [0.15, 0.2) is 5.65 Å². The maximum Gasteiger partial charge on any atom is 0.222 e. The van der Waals surface area contributed by atoms with Gasteiger partial charge in [-0.05, 0) is 25.0 Å². The van der Waals surface area contributed by atoms with Crippen molar-refractivity contribution in [2.75, 3.05) is 31.1 Å². The first-order chi connectivity index (χ1) is 14.5. The Kier molecular flexibility index (Phi) is 5.70. The van der Waals surface area contributed by atoms with Crippen molar-refractivity contribution >= 4 is 22.8 Å². The van der Waals surface area contributed by atoms with Gasteiger partial charge in [0.1, 0.15) is 11.6 Å². The Bertz CT molecular complexity index is 1030. The van der Waals surface area contributed by atoms with Crippen molar-refractivity contribution in [3.63, 3.8) is 0 Å². The molecule has 7 nitrogen and oxygen atoms in total. The fraction of sp³-hybridized carbons (Fsp3) is 0.478. The summed E-state index contributed by atoms with van der Waals surface area (Å²) in [5.41, 5.74) is 3.04. The zero-order valence-electron chi connectivity index (χ0n) is 18.3. The van der Waals surface area contributed by atoms with E-state index in [-0.39, 0.29) is 5.91 Å². The Morgan fingerprint density at radius 2 is 1.77 bits per heavy atom. The minimum Gasteiger partial charge on any atom is -0.352 e. The van der Waals surface area contributed by atoms with Crippen molar-refractivity contribution < 1.29 is 4.79 Å². The molecule has 30 heavy (non-hydrogen) atoms. The van der Waals surface area contributed by atoms with Crippen molar-refractivity contribution in [2.45, 2.75) is 40.5 Å². The Hall–Kier alpha value is -2.96. The van der Waals surface area contributed by atoms with Gasteiger partial charge in [0.05, 0.1) is 17.3 Å². The van der Waals surface area contributed by atoms with Gasteiger partial charge < -0.3 is 9.80 Å². The first-order valence-corrected chi connectivity index (χ1v) is 10.8. The second-order valence-corrected chi connectivity index (χ2v) is 8.41. The summed E-state index contributed by atoms with van der Waals surface area (Å²) in [5, 5.41) is 5.58. The van der Waals surface area contributed by atoms with Crippen molar-refractivity contribution in [1.29, 1.82) is 0 Å². The van der Waals surface area contributed by atoms with Crippen LogP contribution in [0.4, 0.5) is 5.82 Å². The third kappa shape index (κ3) is 4.01. The average molecular weight is 407 g/mol. The number of hydrogen-bond donors (Lipinski definition) is 0. The Balaban J connectivity index is 1.63. The smallest absolute Gasteiger partial charge is 0.222 e. The predicted molar refractivity (Wildman–Crippen MR) is 119 cm³/mol. The summed E-state index contributed by atoms with van der Waals surface area (Å²) in [7, 11) is 0. The normalized spacial score (nSPS) is 14.7. The van der Waals surface area contributed by atoms with Crippen LogP contribution >= 0.6 is 0 Å². The Morgan fingerprint density at radius 3 is 2.40 bits per heavy atom. The van der Waals surface area contributed by atoms with Gasteiger partial charge in [0.2, 0.25) is 5.91 Å². The molecule has 1 aliphatic heterocycles. The molecule has 2 aromatic heterocycles. The van der Waals surface area contributed by atoms with E-state index in [9.17, 15) is 4.79 Å². The molecular formula is C23H30N6O. The predicted octanol–water partition coefficient (Wildman–Crippen LogP) is 3.38. The SMILES string of the molecule is CCc1nc(N2CCN(C(=O)CC(C)C)CC2)c2cnn(-c3ccc(C)cc3)c2n1. The monoisotopic (exact) mass is 406 g/mol. The molecule has 0 unspecified atom stereocenters. The van der Waals surface area contributed by atoms with Crippen LogP contribution in [0.15, 0.2) is 30.5 Å². The number of amides is 1. The van der Waals surface area contributed by atoms with Gasteiger partial charge in [-0.25, -0.2) is 14.6 Å². The van der Waals surface area contributed by atoms with Crippen LogP contribution < -0.4 is 4.90 Å². The third-order valence-electron chi connectivity index (χ3n) is 5.56. The topological polar surface area (TPSA) is 67.2 Å². The van der Waals surface area contributed by atoms with Gasteiger partial charge in [0.25, 0.3) is 0 Å².